The molecule has 1 aliphatic rings. The van der Waals surface area contributed by atoms with Crippen molar-refractivity contribution in [3.63, 3.8) is 0 Å². The van der Waals surface area contributed by atoms with Gasteiger partial charge in [0.2, 0.25) is 6.10 Å². The first-order valence-corrected chi connectivity index (χ1v) is 6.28. The molecule has 5 nitrogen and oxygen atoms in total. The van der Waals surface area contributed by atoms with Crippen molar-refractivity contribution in [1.82, 2.24) is 5.32 Å². The van der Waals surface area contributed by atoms with Crippen LogP contribution in [0.3, 0.4) is 0 Å². The minimum absolute atomic E-state index is 0.0893. The second kappa shape index (κ2) is 5.73. The average Bonchev–Trinajstić information content (AvgIpc) is 2.87. The number of hydrogen-bond donors (Lipinski definition) is 1. The lowest BCUT2D eigenvalue weighted by Gasteiger charge is -2.12. The van der Waals surface area contributed by atoms with E-state index >= 15 is 0 Å². The fraction of sp³-hybridized carbons (Fsp3) is 0.429. The van der Waals surface area contributed by atoms with E-state index in [1.165, 1.54) is 0 Å². The summed E-state index contributed by atoms with van der Waals surface area (Å²) in [5, 5.41) is 6.82. The molecular weight excluding hydrogens is 244 g/mol. The molecule has 1 amide bonds. The van der Waals surface area contributed by atoms with Gasteiger partial charge in [-0.2, -0.15) is 0 Å². The summed E-state index contributed by atoms with van der Waals surface area (Å²) in [5.74, 6) is 0.596. The maximum absolute atomic E-state index is 11.8. The molecule has 1 N–H and O–H groups in total. The molecule has 1 atom stereocenters. The topological polar surface area (TPSA) is 59.9 Å². The van der Waals surface area contributed by atoms with Crippen molar-refractivity contribution in [2.24, 2.45) is 5.16 Å². The molecule has 102 valence electrons. The Morgan fingerprint density at radius 1 is 1.47 bits per heavy atom. The normalized spacial score (nSPS) is 17.9. The maximum Gasteiger partial charge on any atom is 0.264 e. The van der Waals surface area contributed by atoms with Crippen molar-refractivity contribution >= 4 is 11.6 Å². The van der Waals surface area contributed by atoms with Crippen molar-refractivity contribution in [1.29, 1.82) is 0 Å². The molecule has 0 aliphatic carbocycles. The van der Waals surface area contributed by atoms with Crippen LogP contribution in [0.2, 0.25) is 0 Å². The number of carbonyl (C=O) groups excluding carboxylic acids is 1. The first-order valence-electron chi connectivity index (χ1n) is 6.28. The predicted octanol–water partition coefficient (Wildman–Crippen LogP) is 1.71. The van der Waals surface area contributed by atoms with Gasteiger partial charge in [0.05, 0.1) is 12.8 Å². The Morgan fingerprint density at radius 2 is 2.21 bits per heavy atom. The van der Waals surface area contributed by atoms with Gasteiger partial charge in [-0.05, 0) is 26.0 Å². The second-order valence-electron chi connectivity index (χ2n) is 4.70. The molecular formula is C14H18N2O3. The lowest BCUT2D eigenvalue weighted by molar-refractivity contribution is -0.131. The van der Waals surface area contributed by atoms with Gasteiger partial charge in [-0.15, -0.1) is 0 Å². The number of amides is 1. The van der Waals surface area contributed by atoms with Crippen molar-refractivity contribution in [3.8, 4) is 5.75 Å². The van der Waals surface area contributed by atoms with Crippen molar-refractivity contribution in [3.05, 3.63) is 29.8 Å². The number of oxime groups is 1. The lowest BCUT2D eigenvalue weighted by Crippen LogP contribution is -2.38. The fourth-order valence-electron chi connectivity index (χ4n) is 1.94. The fourth-order valence-corrected chi connectivity index (χ4v) is 1.94. The van der Waals surface area contributed by atoms with Gasteiger partial charge in [-0.1, -0.05) is 17.3 Å². The maximum atomic E-state index is 11.8. The predicted molar refractivity (Wildman–Crippen MR) is 72.3 cm³/mol. The van der Waals surface area contributed by atoms with Gasteiger partial charge in [0.25, 0.3) is 5.91 Å². The molecule has 0 radical (unpaired) electrons. The van der Waals surface area contributed by atoms with Gasteiger partial charge in [0, 0.05) is 18.0 Å². The zero-order valence-electron chi connectivity index (χ0n) is 11.3. The molecule has 5 heteroatoms. The van der Waals surface area contributed by atoms with Crippen molar-refractivity contribution in [2.75, 3.05) is 7.11 Å². The van der Waals surface area contributed by atoms with E-state index in [-0.39, 0.29) is 11.9 Å². The number of nitrogens with one attached hydrogen (secondary N) is 1. The van der Waals surface area contributed by atoms with Crippen LogP contribution in [0.25, 0.3) is 0 Å². The molecule has 0 spiro atoms. The molecule has 2 rings (SSSR count). The summed E-state index contributed by atoms with van der Waals surface area (Å²) in [6.07, 6.45) is -0.0961. The third-order valence-electron chi connectivity index (χ3n) is 2.81. The Bertz CT molecular complexity index is 497. The van der Waals surface area contributed by atoms with Crippen LogP contribution in [-0.2, 0) is 9.63 Å². The third-order valence-corrected chi connectivity index (χ3v) is 2.81. The van der Waals surface area contributed by atoms with Crippen LogP contribution in [0, 0.1) is 0 Å². The lowest BCUT2D eigenvalue weighted by atomic mass is 10.0. The minimum Gasteiger partial charge on any atom is -0.496 e. The van der Waals surface area contributed by atoms with E-state index in [2.05, 4.69) is 10.5 Å². The van der Waals surface area contributed by atoms with Crippen LogP contribution in [-0.4, -0.2) is 30.9 Å². The summed E-state index contributed by atoms with van der Waals surface area (Å²) < 4.78 is 5.28. The van der Waals surface area contributed by atoms with Crippen LogP contribution >= 0.6 is 0 Å². The summed E-state index contributed by atoms with van der Waals surface area (Å²) in [4.78, 5) is 17.0. The minimum atomic E-state index is -0.553. The first kappa shape index (κ1) is 13.4. The van der Waals surface area contributed by atoms with Gasteiger partial charge >= 0.3 is 0 Å². The molecule has 0 bridgehead atoms. The monoisotopic (exact) mass is 262 g/mol. The zero-order valence-corrected chi connectivity index (χ0v) is 11.3. The van der Waals surface area contributed by atoms with E-state index in [9.17, 15) is 4.79 Å². The Kier molecular flexibility index (Phi) is 4.04. The average molecular weight is 262 g/mol. The molecule has 0 saturated heterocycles. The number of methoxy groups -OCH3 is 1. The highest BCUT2D eigenvalue weighted by Gasteiger charge is 2.30. The SMILES string of the molecule is COc1ccccc1C1=NOC(C(=O)NC(C)C)C1. The molecule has 1 heterocycles. The van der Waals surface area contributed by atoms with E-state index in [0.29, 0.717) is 6.42 Å². The number of nitrogens with zero attached hydrogens (tertiary/aromatic N) is 1. The Hall–Kier alpha value is -2.04. The van der Waals surface area contributed by atoms with Gasteiger partial charge in [-0.3, -0.25) is 4.79 Å². The van der Waals surface area contributed by atoms with Gasteiger partial charge in [0.1, 0.15) is 5.75 Å². The van der Waals surface area contributed by atoms with E-state index in [4.69, 9.17) is 9.57 Å². The van der Waals surface area contributed by atoms with E-state index < -0.39 is 6.10 Å². The molecule has 0 saturated carbocycles. The number of rotatable bonds is 4. The molecule has 0 aromatic heterocycles. The van der Waals surface area contributed by atoms with Crippen molar-refractivity contribution in [2.45, 2.75) is 32.4 Å². The standard InChI is InChI=1S/C14H18N2O3/c1-9(2)15-14(17)13-8-11(16-19-13)10-6-4-5-7-12(10)18-3/h4-7,9,13H,8H2,1-3H3,(H,15,17). The number of benzene rings is 1. The summed E-state index contributed by atoms with van der Waals surface area (Å²) in [7, 11) is 1.61. The number of ether oxygens (including phenoxy) is 1. The molecule has 19 heavy (non-hydrogen) atoms. The van der Waals surface area contributed by atoms with Gasteiger partial charge in [-0.25, -0.2) is 0 Å². The molecule has 1 unspecified atom stereocenters. The highest BCUT2D eigenvalue weighted by molar-refractivity contribution is 6.05. The first-order chi connectivity index (χ1) is 9.11. The summed E-state index contributed by atoms with van der Waals surface area (Å²) in [6.45, 7) is 3.82. The van der Waals surface area contributed by atoms with Crippen LogP contribution < -0.4 is 10.1 Å². The third kappa shape index (κ3) is 3.05. The second-order valence-corrected chi connectivity index (χ2v) is 4.70. The Morgan fingerprint density at radius 3 is 2.89 bits per heavy atom. The number of para-hydroxylation sites is 1. The van der Waals surface area contributed by atoms with Gasteiger partial charge in [0.15, 0.2) is 0 Å². The molecule has 0 fully saturated rings. The van der Waals surface area contributed by atoms with E-state index in [0.717, 1.165) is 17.0 Å². The van der Waals surface area contributed by atoms with E-state index in [1.54, 1.807) is 7.11 Å². The van der Waals surface area contributed by atoms with Crippen LogP contribution in [0.5, 0.6) is 5.75 Å². The zero-order chi connectivity index (χ0) is 13.8. The van der Waals surface area contributed by atoms with Crippen molar-refractivity contribution < 1.29 is 14.4 Å². The van der Waals surface area contributed by atoms with Crippen LogP contribution in [0.4, 0.5) is 0 Å². The highest BCUT2D eigenvalue weighted by Crippen LogP contribution is 2.24. The molecule has 1 aromatic carbocycles. The Balaban J connectivity index is 2.07. The van der Waals surface area contributed by atoms with Crippen LogP contribution in [0.1, 0.15) is 25.8 Å². The smallest absolute Gasteiger partial charge is 0.264 e. The number of hydrogen-bond acceptors (Lipinski definition) is 4. The summed E-state index contributed by atoms with van der Waals surface area (Å²) in [6, 6.07) is 7.65. The largest absolute Gasteiger partial charge is 0.496 e. The number of carbonyl (C=O) groups is 1. The Labute approximate surface area is 112 Å². The highest BCUT2D eigenvalue weighted by atomic mass is 16.6. The molecule has 1 aromatic rings. The van der Waals surface area contributed by atoms with Crippen LogP contribution in [0.15, 0.2) is 29.4 Å². The quantitative estimate of drug-likeness (QED) is 0.898. The summed E-state index contributed by atoms with van der Waals surface area (Å²) in [5.41, 5.74) is 1.60. The van der Waals surface area contributed by atoms with E-state index in [1.807, 2.05) is 38.1 Å². The van der Waals surface area contributed by atoms with Gasteiger partial charge < -0.3 is 14.9 Å². The summed E-state index contributed by atoms with van der Waals surface area (Å²) >= 11 is 0. The molecule has 1 aliphatic heterocycles.